The number of rotatable bonds is 5. The molecule has 0 saturated carbocycles. The van der Waals surface area contributed by atoms with E-state index in [2.05, 4.69) is 5.32 Å². The van der Waals surface area contributed by atoms with Crippen molar-refractivity contribution >= 4 is 11.8 Å². The number of amides is 2. The van der Waals surface area contributed by atoms with Crippen molar-refractivity contribution in [2.75, 3.05) is 13.2 Å². The normalized spacial score (nSPS) is 34.0. The summed E-state index contributed by atoms with van der Waals surface area (Å²) in [5.41, 5.74) is -0.748. The molecule has 3 atom stereocenters. The van der Waals surface area contributed by atoms with E-state index >= 15 is 0 Å². The van der Waals surface area contributed by atoms with Gasteiger partial charge in [0.05, 0.1) is 6.10 Å². The van der Waals surface area contributed by atoms with E-state index in [1.165, 1.54) is 0 Å². The average molecular weight is 296 g/mol. The van der Waals surface area contributed by atoms with Gasteiger partial charge in [-0.25, -0.2) is 0 Å². The summed E-state index contributed by atoms with van der Waals surface area (Å²) in [6.45, 7) is 7.16. The van der Waals surface area contributed by atoms with Gasteiger partial charge < -0.3 is 15.0 Å². The average Bonchev–Trinajstić information content (AvgIpc) is 2.50. The number of nitrogens with zero attached hydrogens (tertiary/aromatic N) is 1. The smallest absolute Gasteiger partial charge is 0.246 e. The Hall–Kier alpha value is -1.10. The number of hydrogen-bond donors (Lipinski definition) is 1. The summed E-state index contributed by atoms with van der Waals surface area (Å²) in [4.78, 5) is 27.0. The fourth-order valence-electron chi connectivity index (χ4n) is 3.21. The Morgan fingerprint density at radius 1 is 1.33 bits per heavy atom. The summed E-state index contributed by atoms with van der Waals surface area (Å²) in [5.74, 6) is 0.0221. The van der Waals surface area contributed by atoms with Gasteiger partial charge in [-0.3, -0.25) is 9.59 Å². The molecule has 2 heterocycles. The fourth-order valence-corrected chi connectivity index (χ4v) is 3.21. The van der Waals surface area contributed by atoms with Crippen LogP contribution in [0.4, 0.5) is 0 Å². The molecule has 0 radical (unpaired) electrons. The summed E-state index contributed by atoms with van der Waals surface area (Å²) in [6, 6.07) is -0.370. The minimum atomic E-state index is -0.748. The molecule has 2 aliphatic heterocycles. The van der Waals surface area contributed by atoms with Crippen LogP contribution in [0, 0.1) is 0 Å². The Morgan fingerprint density at radius 2 is 2.10 bits per heavy atom. The van der Waals surface area contributed by atoms with Crippen molar-refractivity contribution < 1.29 is 14.3 Å². The quantitative estimate of drug-likeness (QED) is 0.842. The summed E-state index contributed by atoms with van der Waals surface area (Å²) in [5, 5.41) is 2.90. The highest BCUT2D eigenvalue weighted by molar-refractivity contribution is 5.99. The van der Waals surface area contributed by atoms with E-state index in [9.17, 15) is 9.59 Å². The summed E-state index contributed by atoms with van der Waals surface area (Å²) in [6.07, 6.45) is 5.48. The van der Waals surface area contributed by atoms with Crippen LogP contribution in [0.3, 0.4) is 0 Å². The zero-order chi connectivity index (χ0) is 15.5. The van der Waals surface area contributed by atoms with Crippen LogP contribution in [0.2, 0.25) is 0 Å². The van der Waals surface area contributed by atoms with Crippen molar-refractivity contribution in [2.24, 2.45) is 0 Å². The first kappa shape index (κ1) is 16.3. The molecule has 1 N–H and O–H groups in total. The van der Waals surface area contributed by atoms with Crippen LogP contribution in [0.25, 0.3) is 0 Å². The van der Waals surface area contributed by atoms with Crippen LogP contribution in [-0.2, 0) is 14.3 Å². The van der Waals surface area contributed by atoms with Gasteiger partial charge in [-0.05, 0) is 39.0 Å². The second-order valence-corrected chi connectivity index (χ2v) is 6.38. The van der Waals surface area contributed by atoms with Crippen molar-refractivity contribution in [3.8, 4) is 0 Å². The van der Waals surface area contributed by atoms with Gasteiger partial charge in [-0.15, -0.1) is 0 Å². The Balaban J connectivity index is 2.17. The monoisotopic (exact) mass is 296 g/mol. The highest BCUT2D eigenvalue weighted by Gasteiger charge is 2.48. The molecule has 120 valence electrons. The Kier molecular flexibility index (Phi) is 5.25. The topological polar surface area (TPSA) is 58.6 Å². The van der Waals surface area contributed by atoms with Crippen molar-refractivity contribution in [1.29, 1.82) is 0 Å². The molecule has 0 aromatic heterocycles. The number of carbonyl (C=O) groups is 2. The Labute approximate surface area is 127 Å². The third-order valence-electron chi connectivity index (χ3n) is 4.88. The summed E-state index contributed by atoms with van der Waals surface area (Å²) in [7, 11) is 0. The van der Waals surface area contributed by atoms with E-state index in [-0.39, 0.29) is 24.0 Å². The molecular formula is C16H28N2O3. The number of piperazine rings is 1. The van der Waals surface area contributed by atoms with Crippen LogP contribution >= 0.6 is 0 Å². The highest BCUT2D eigenvalue weighted by Crippen LogP contribution is 2.28. The van der Waals surface area contributed by atoms with E-state index in [0.717, 1.165) is 32.3 Å². The lowest BCUT2D eigenvalue weighted by Crippen LogP contribution is -2.70. The number of nitrogens with one attached hydrogen (secondary N) is 1. The first-order valence-corrected chi connectivity index (χ1v) is 8.27. The molecule has 21 heavy (non-hydrogen) atoms. The second kappa shape index (κ2) is 6.77. The molecule has 5 heteroatoms. The SMILES string of the molecule is CCCC1NC(=O)C(C)(CC)N(CC2CCCCO2)C1=O. The van der Waals surface area contributed by atoms with Crippen molar-refractivity contribution in [3.63, 3.8) is 0 Å². The highest BCUT2D eigenvalue weighted by atomic mass is 16.5. The third kappa shape index (κ3) is 3.23. The van der Waals surface area contributed by atoms with Gasteiger partial charge in [0.1, 0.15) is 11.6 Å². The number of carbonyl (C=O) groups excluding carboxylic acids is 2. The maximum Gasteiger partial charge on any atom is 0.246 e. The fraction of sp³-hybridized carbons (Fsp3) is 0.875. The lowest BCUT2D eigenvalue weighted by Gasteiger charge is -2.47. The molecule has 2 rings (SSSR count). The van der Waals surface area contributed by atoms with E-state index in [4.69, 9.17) is 4.74 Å². The van der Waals surface area contributed by atoms with Crippen molar-refractivity contribution in [3.05, 3.63) is 0 Å². The first-order chi connectivity index (χ1) is 10.0. The standard InChI is InChI=1S/C16H28N2O3/c1-4-8-13-14(19)18(11-12-9-6-7-10-21-12)16(3,5-2)15(20)17-13/h12-13H,4-11H2,1-3H3,(H,17,20). The molecule has 0 aliphatic carbocycles. The number of hydrogen-bond acceptors (Lipinski definition) is 3. The van der Waals surface area contributed by atoms with Gasteiger partial charge in [0, 0.05) is 13.2 Å². The zero-order valence-electron chi connectivity index (χ0n) is 13.5. The van der Waals surface area contributed by atoms with Gasteiger partial charge in [-0.2, -0.15) is 0 Å². The Bertz CT molecular complexity index is 393. The van der Waals surface area contributed by atoms with Crippen LogP contribution in [0.15, 0.2) is 0 Å². The molecule has 3 unspecified atom stereocenters. The molecule has 2 fully saturated rings. The molecule has 2 amide bonds. The summed E-state index contributed by atoms with van der Waals surface area (Å²) >= 11 is 0. The molecule has 0 spiro atoms. The van der Waals surface area contributed by atoms with Gasteiger partial charge in [0.2, 0.25) is 11.8 Å². The Morgan fingerprint density at radius 3 is 2.67 bits per heavy atom. The maximum absolute atomic E-state index is 12.8. The summed E-state index contributed by atoms with van der Waals surface area (Å²) < 4.78 is 5.77. The van der Waals surface area contributed by atoms with Crippen LogP contribution in [-0.4, -0.2) is 47.6 Å². The first-order valence-electron chi connectivity index (χ1n) is 8.27. The molecule has 2 saturated heterocycles. The molecule has 0 aromatic carbocycles. The minimum absolute atomic E-state index is 0.0288. The van der Waals surface area contributed by atoms with Gasteiger partial charge in [-0.1, -0.05) is 20.3 Å². The second-order valence-electron chi connectivity index (χ2n) is 6.38. The largest absolute Gasteiger partial charge is 0.376 e. The van der Waals surface area contributed by atoms with Gasteiger partial charge >= 0.3 is 0 Å². The molecule has 5 nitrogen and oxygen atoms in total. The van der Waals surface area contributed by atoms with Crippen molar-refractivity contribution in [1.82, 2.24) is 10.2 Å². The van der Waals surface area contributed by atoms with Crippen LogP contribution in [0.1, 0.15) is 59.3 Å². The lowest BCUT2D eigenvalue weighted by atomic mass is 9.89. The van der Waals surface area contributed by atoms with Crippen LogP contribution < -0.4 is 5.32 Å². The molecular weight excluding hydrogens is 268 g/mol. The predicted octanol–water partition coefficient (Wildman–Crippen LogP) is 1.85. The lowest BCUT2D eigenvalue weighted by molar-refractivity contribution is -0.160. The van der Waals surface area contributed by atoms with Gasteiger partial charge in [0.25, 0.3) is 0 Å². The predicted molar refractivity (Wildman–Crippen MR) is 80.8 cm³/mol. The van der Waals surface area contributed by atoms with Crippen molar-refractivity contribution in [2.45, 2.75) is 77.0 Å². The zero-order valence-corrected chi connectivity index (χ0v) is 13.5. The van der Waals surface area contributed by atoms with E-state index in [1.807, 2.05) is 20.8 Å². The third-order valence-corrected chi connectivity index (χ3v) is 4.88. The minimum Gasteiger partial charge on any atom is -0.376 e. The molecule has 0 aromatic rings. The van der Waals surface area contributed by atoms with E-state index in [0.29, 0.717) is 19.4 Å². The maximum atomic E-state index is 12.8. The van der Waals surface area contributed by atoms with E-state index in [1.54, 1.807) is 4.90 Å². The van der Waals surface area contributed by atoms with Crippen LogP contribution in [0.5, 0.6) is 0 Å². The molecule has 2 aliphatic rings. The van der Waals surface area contributed by atoms with E-state index < -0.39 is 5.54 Å². The van der Waals surface area contributed by atoms with Gasteiger partial charge in [0.15, 0.2) is 0 Å². The molecule has 0 bridgehead atoms. The number of ether oxygens (including phenoxy) is 1.